The Hall–Kier alpha value is -0.890. The first-order valence-electron chi connectivity index (χ1n) is 7.63. The summed E-state index contributed by atoms with van der Waals surface area (Å²) in [6.07, 6.45) is 5.00. The van der Waals surface area contributed by atoms with E-state index in [1.807, 2.05) is 6.07 Å². The Kier molecular flexibility index (Phi) is 4.98. The number of halogens is 1. The van der Waals surface area contributed by atoms with E-state index in [2.05, 4.69) is 26.1 Å². The minimum absolute atomic E-state index is 0.116. The zero-order valence-corrected chi connectivity index (χ0v) is 12.4. The highest BCUT2D eigenvalue weighted by Gasteiger charge is 2.32. The van der Waals surface area contributed by atoms with Crippen molar-refractivity contribution in [1.29, 1.82) is 0 Å². The number of benzene rings is 1. The Labute approximate surface area is 116 Å². The van der Waals surface area contributed by atoms with Crippen LogP contribution in [0.1, 0.15) is 56.7 Å². The van der Waals surface area contributed by atoms with Gasteiger partial charge in [0.15, 0.2) is 0 Å². The molecule has 106 valence electrons. The molecule has 1 aliphatic rings. The molecule has 2 heteroatoms. The molecule has 3 unspecified atom stereocenters. The summed E-state index contributed by atoms with van der Waals surface area (Å²) >= 11 is 0. The molecule has 19 heavy (non-hydrogen) atoms. The van der Waals surface area contributed by atoms with Crippen molar-refractivity contribution in [2.75, 3.05) is 6.54 Å². The molecule has 1 aliphatic carbocycles. The smallest absolute Gasteiger partial charge is 0.123 e. The van der Waals surface area contributed by atoms with Gasteiger partial charge in [0, 0.05) is 6.04 Å². The van der Waals surface area contributed by atoms with E-state index in [-0.39, 0.29) is 5.82 Å². The molecule has 3 atom stereocenters. The van der Waals surface area contributed by atoms with Crippen LogP contribution in [0.2, 0.25) is 0 Å². The predicted molar refractivity (Wildman–Crippen MR) is 78.7 cm³/mol. The Balaban J connectivity index is 2.28. The molecule has 1 nitrogen and oxygen atoms in total. The molecule has 0 bridgehead atoms. The van der Waals surface area contributed by atoms with Crippen LogP contribution in [0, 0.1) is 24.6 Å². The normalized spacial score (nSPS) is 24.6. The second-order valence-electron chi connectivity index (χ2n) is 6.00. The van der Waals surface area contributed by atoms with Gasteiger partial charge in [-0.1, -0.05) is 32.8 Å². The molecule has 1 saturated carbocycles. The lowest BCUT2D eigenvalue weighted by Crippen LogP contribution is -2.31. The molecular weight excluding hydrogens is 237 g/mol. The van der Waals surface area contributed by atoms with Crippen molar-refractivity contribution < 1.29 is 4.39 Å². The van der Waals surface area contributed by atoms with Crippen molar-refractivity contribution in [1.82, 2.24) is 5.32 Å². The van der Waals surface area contributed by atoms with Crippen LogP contribution in [-0.2, 0) is 0 Å². The van der Waals surface area contributed by atoms with Gasteiger partial charge in [-0.15, -0.1) is 0 Å². The van der Waals surface area contributed by atoms with Gasteiger partial charge in [-0.05, 0) is 61.4 Å². The van der Waals surface area contributed by atoms with Crippen LogP contribution in [0.5, 0.6) is 0 Å². The monoisotopic (exact) mass is 263 g/mol. The van der Waals surface area contributed by atoms with E-state index in [0.717, 1.165) is 24.4 Å². The molecule has 0 aromatic heterocycles. The fourth-order valence-corrected chi connectivity index (χ4v) is 3.41. The van der Waals surface area contributed by atoms with Crippen molar-refractivity contribution in [2.45, 2.75) is 52.5 Å². The van der Waals surface area contributed by atoms with Crippen LogP contribution in [0.15, 0.2) is 18.2 Å². The second kappa shape index (κ2) is 6.51. The third-order valence-electron chi connectivity index (χ3n) is 4.55. The van der Waals surface area contributed by atoms with E-state index in [4.69, 9.17) is 0 Å². The summed E-state index contributed by atoms with van der Waals surface area (Å²) in [7, 11) is 0. The molecule has 0 aliphatic heterocycles. The highest BCUT2D eigenvalue weighted by atomic mass is 19.1. The third kappa shape index (κ3) is 3.36. The fraction of sp³-hybridized carbons (Fsp3) is 0.647. The van der Waals surface area contributed by atoms with E-state index in [0.29, 0.717) is 12.0 Å². The van der Waals surface area contributed by atoms with Gasteiger partial charge in [0.05, 0.1) is 0 Å². The van der Waals surface area contributed by atoms with Crippen molar-refractivity contribution >= 4 is 0 Å². The lowest BCUT2D eigenvalue weighted by Gasteiger charge is -2.29. The summed E-state index contributed by atoms with van der Waals surface area (Å²) in [5, 5.41) is 3.66. The van der Waals surface area contributed by atoms with Crippen molar-refractivity contribution in [3.8, 4) is 0 Å². The highest BCUT2D eigenvalue weighted by molar-refractivity contribution is 5.30. The van der Waals surface area contributed by atoms with Gasteiger partial charge in [-0.3, -0.25) is 0 Å². The molecule has 0 spiro atoms. The van der Waals surface area contributed by atoms with E-state index >= 15 is 0 Å². The standard InChI is InChI=1S/C17H26FN/c1-4-10-19-17(15-7-5-6-12(15)2)16-11-14(18)9-8-13(16)3/h8-9,11-12,15,17,19H,4-7,10H2,1-3H3. The molecule has 1 fully saturated rings. The molecule has 0 heterocycles. The lowest BCUT2D eigenvalue weighted by atomic mass is 9.84. The topological polar surface area (TPSA) is 12.0 Å². The van der Waals surface area contributed by atoms with E-state index in [9.17, 15) is 4.39 Å². The summed E-state index contributed by atoms with van der Waals surface area (Å²) in [5.74, 6) is 1.26. The maximum atomic E-state index is 13.6. The van der Waals surface area contributed by atoms with Crippen LogP contribution in [0.25, 0.3) is 0 Å². The number of rotatable bonds is 5. The maximum Gasteiger partial charge on any atom is 0.123 e. The zero-order chi connectivity index (χ0) is 13.8. The van der Waals surface area contributed by atoms with Gasteiger partial charge < -0.3 is 5.32 Å². The van der Waals surface area contributed by atoms with Crippen LogP contribution in [-0.4, -0.2) is 6.54 Å². The lowest BCUT2D eigenvalue weighted by molar-refractivity contribution is 0.300. The zero-order valence-electron chi connectivity index (χ0n) is 12.4. The van der Waals surface area contributed by atoms with E-state index in [1.165, 1.54) is 24.8 Å². The van der Waals surface area contributed by atoms with Crippen LogP contribution < -0.4 is 5.32 Å². The molecule has 2 rings (SSSR count). The maximum absolute atomic E-state index is 13.6. The molecule has 1 aromatic carbocycles. The molecule has 1 N–H and O–H groups in total. The summed E-state index contributed by atoms with van der Waals surface area (Å²) in [4.78, 5) is 0. The molecule has 0 amide bonds. The number of nitrogens with one attached hydrogen (secondary N) is 1. The van der Waals surface area contributed by atoms with E-state index < -0.39 is 0 Å². The third-order valence-corrected chi connectivity index (χ3v) is 4.55. The number of hydrogen-bond acceptors (Lipinski definition) is 1. The van der Waals surface area contributed by atoms with Gasteiger partial charge in [0.1, 0.15) is 5.82 Å². The summed E-state index contributed by atoms with van der Waals surface area (Å²) < 4.78 is 13.6. The summed E-state index contributed by atoms with van der Waals surface area (Å²) in [6.45, 7) is 7.62. The van der Waals surface area contributed by atoms with Crippen LogP contribution >= 0.6 is 0 Å². The minimum atomic E-state index is -0.116. The summed E-state index contributed by atoms with van der Waals surface area (Å²) in [5.41, 5.74) is 2.36. The number of aryl methyl sites for hydroxylation is 1. The van der Waals surface area contributed by atoms with Crippen LogP contribution in [0.4, 0.5) is 4.39 Å². The Morgan fingerprint density at radius 2 is 2.16 bits per heavy atom. The molecule has 0 radical (unpaired) electrons. The Bertz CT molecular complexity index is 416. The average molecular weight is 263 g/mol. The number of hydrogen-bond donors (Lipinski definition) is 1. The highest BCUT2D eigenvalue weighted by Crippen LogP contribution is 2.40. The average Bonchev–Trinajstić information content (AvgIpc) is 2.80. The van der Waals surface area contributed by atoms with Gasteiger partial charge in [0.25, 0.3) is 0 Å². The van der Waals surface area contributed by atoms with Crippen molar-refractivity contribution in [2.24, 2.45) is 11.8 Å². The Morgan fingerprint density at radius 1 is 1.37 bits per heavy atom. The minimum Gasteiger partial charge on any atom is -0.310 e. The SMILES string of the molecule is CCCNC(c1cc(F)ccc1C)C1CCCC1C. The first kappa shape index (κ1) is 14.5. The van der Waals surface area contributed by atoms with Gasteiger partial charge in [0.2, 0.25) is 0 Å². The first-order valence-corrected chi connectivity index (χ1v) is 7.63. The molecular formula is C17H26FN. The molecule has 1 aromatic rings. The summed E-state index contributed by atoms with van der Waals surface area (Å²) in [6, 6.07) is 5.51. The Morgan fingerprint density at radius 3 is 2.79 bits per heavy atom. The van der Waals surface area contributed by atoms with Crippen molar-refractivity contribution in [3.63, 3.8) is 0 Å². The van der Waals surface area contributed by atoms with Gasteiger partial charge >= 0.3 is 0 Å². The van der Waals surface area contributed by atoms with Gasteiger partial charge in [-0.25, -0.2) is 4.39 Å². The largest absolute Gasteiger partial charge is 0.310 e. The predicted octanol–water partition coefficient (Wildman–Crippen LogP) is 4.61. The second-order valence-corrected chi connectivity index (χ2v) is 6.00. The van der Waals surface area contributed by atoms with Crippen molar-refractivity contribution in [3.05, 3.63) is 35.1 Å². The fourth-order valence-electron chi connectivity index (χ4n) is 3.41. The quantitative estimate of drug-likeness (QED) is 0.818. The van der Waals surface area contributed by atoms with E-state index in [1.54, 1.807) is 12.1 Å². The van der Waals surface area contributed by atoms with Crippen LogP contribution in [0.3, 0.4) is 0 Å². The van der Waals surface area contributed by atoms with Gasteiger partial charge in [-0.2, -0.15) is 0 Å². The first-order chi connectivity index (χ1) is 9.13. The molecule has 0 saturated heterocycles.